The summed E-state index contributed by atoms with van der Waals surface area (Å²) in [6.07, 6.45) is 1.86. The van der Waals surface area contributed by atoms with Crippen LogP contribution in [0, 0.1) is 6.92 Å². The van der Waals surface area contributed by atoms with Gasteiger partial charge in [0.25, 0.3) is 0 Å². The standard InChI is InChI=1S/C14H25N3O5S/c1-4-5-9-23(19,20)17(7-6-8-21-3)11-14(18)15-13-10-12(2)22-16-13/h10H,4-9,11H2,1-3H3,(H,15,16,18). The summed E-state index contributed by atoms with van der Waals surface area (Å²) in [5, 5.41) is 6.19. The lowest BCUT2D eigenvalue weighted by molar-refractivity contribution is -0.116. The van der Waals surface area contributed by atoms with Crippen LogP contribution in [-0.4, -0.2) is 56.3 Å². The Morgan fingerprint density at radius 2 is 2.17 bits per heavy atom. The van der Waals surface area contributed by atoms with Gasteiger partial charge in [-0.05, 0) is 19.8 Å². The van der Waals surface area contributed by atoms with Crippen molar-refractivity contribution in [3.63, 3.8) is 0 Å². The van der Waals surface area contributed by atoms with Gasteiger partial charge in [-0.1, -0.05) is 18.5 Å². The van der Waals surface area contributed by atoms with Crippen LogP contribution < -0.4 is 5.32 Å². The SMILES string of the molecule is CCCCS(=O)(=O)N(CCCOC)CC(=O)Nc1cc(C)on1. The van der Waals surface area contributed by atoms with Gasteiger partial charge in [-0.3, -0.25) is 4.79 Å². The number of carbonyl (C=O) groups is 1. The molecule has 1 aromatic heterocycles. The van der Waals surface area contributed by atoms with E-state index in [2.05, 4.69) is 10.5 Å². The molecule has 0 aliphatic rings. The second-order valence-electron chi connectivity index (χ2n) is 5.22. The zero-order valence-corrected chi connectivity index (χ0v) is 14.7. The summed E-state index contributed by atoms with van der Waals surface area (Å²) in [7, 11) is -1.92. The molecule has 9 heteroatoms. The molecule has 132 valence electrons. The average Bonchev–Trinajstić information content (AvgIpc) is 2.89. The van der Waals surface area contributed by atoms with E-state index in [0.717, 1.165) is 6.42 Å². The summed E-state index contributed by atoms with van der Waals surface area (Å²) in [6, 6.07) is 1.57. The molecule has 0 saturated carbocycles. The van der Waals surface area contributed by atoms with Crippen molar-refractivity contribution in [1.29, 1.82) is 0 Å². The first-order valence-corrected chi connectivity index (χ1v) is 9.20. The van der Waals surface area contributed by atoms with Crippen LogP contribution in [0.1, 0.15) is 31.9 Å². The highest BCUT2D eigenvalue weighted by atomic mass is 32.2. The molecule has 0 unspecified atom stereocenters. The van der Waals surface area contributed by atoms with E-state index in [1.54, 1.807) is 20.1 Å². The monoisotopic (exact) mass is 347 g/mol. The first-order chi connectivity index (χ1) is 10.9. The van der Waals surface area contributed by atoms with E-state index in [-0.39, 0.29) is 24.7 Å². The van der Waals surface area contributed by atoms with Gasteiger partial charge in [0.05, 0.1) is 12.3 Å². The van der Waals surface area contributed by atoms with Crippen molar-refractivity contribution in [2.24, 2.45) is 0 Å². The van der Waals surface area contributed by atoms with Gasteiger partial charge < -0.3 is 14.6 Å². The van der Waals surface area contributed by atoms with Crippen molar-refractivity contribution < 1.29 is 22.5 Å². The third-order valence-electron chi connectivity index (χ3n) is 3.12. The normalized spacial score (nSPS) is 11.8. The van der Waals surface area contributed by atoms with Crippen molar-refractivity contribution in [1.82, 2.24) is 9.46 Å². The Hall–Kier alpha value is -1.45. The molecule has 0 aliphatic carbocycles. The molecule has 1 heterocycles. The fraction of sp³-hybridized carbons (Fsp3) is 0.714. The second kappa shape index (κ2) is 9.64. The van der Waals surface area contributed by atoms with Gasteiger partial charge in [-0.2, -0.15) is 4.31 Å². The summed E-state index contributed by atoms with van der Waals surface area (Å²) in [5.74, 6) is 0.422. The Kier molecular flexibility index (Phi) is 8.21. The number of methoxy groups -OCH3 is 1. The Balaban J connectivity index is 2.68. The molecule has 1 rings (SSSR count). The second-order valence-corrected chi connectivity index (χ2v) is 7.31. The van der Waals surface area contributed by atoms with Crippen molar-refractivity contribution >= 4 is 21.7 Å². The molecule has 1 aromatic rings. The van der Waals surface area contributed by atoms with Crippen molar-refractivity contribution in [2.45, 2.75) is 33.1 Å². The predicted molar refractivity (Wildman–Crippen MR) is 86.6 cm³/mol. The first kappa shape index (κ1) is 19.6. The smallest absolute Gasteiger partial charge is 0.240 e. The third kappa shape index (κ3) is 7.10. The molecule has 1 amide bonds. The lowest BCUT2D eigenvalue weighted by Gasteiger charge is -2.21. The molecule has 0 aliphatic heterocycles. The number of ether oxygens (including phenoxy) is 1. The number of sulfonamides is 1. The minimum absolute atomic E-state index is 0.0346. The Morgan fingerprint density at radius 3 is 2.74 bits per heavy atom. The molecular weight excluding hydrogens is 322 g/mol. The first-order valence-electron chi connectivity index (χ1n) is 7.59. The van der Waals surface area contributed by atoms with Crippen LogP contribution in [0.15, 0.2) is 10.6 Å². The molecule has 0 radical (unpaired) electrons. The molecule has 0 bridgehead atoms. The molecule has 8 nitrogen and oxygen atoms in total. The number of aromatic nitrogens is 1. The molecule has 0 aromatic carbocycles. The Labute approximate surface area is 137 Å². The number of hydrogen-bond donors (Lipinski definition) is 1. The van der Waals surface area contributed by atoms with Crippen LogP contribution >= 0.6 is 0 Å². The zero-order chi connectivity index (χ0) is 17.3. The fourth-order valence-electron chi connectivity index (χ4n) is 1.93. The third-order valence-corrected chi connectivity index (χ3v) is 5.02. The molecule has 0 fully saturated rings. The number of amides is 1. The van der Waals surface area contributed by atoms with Crippen LogP contribution in [-0.2, 0) is 19.6 Å². The van der Waals surface area contributed by atoms with Gasteiger partial charge in [0.1, 0.15) is 5.76 Å². The van der Waals surface area contributed by atoms with Gasteiger partial charge in [-0.15, -0.1) is 0 Å². The maximum Gasteiger partial charge on any atom is 0.240 e. The molecule has 0 atom stereocenters. The molecule has 0 spiro atoms. The summed E-state index contributed by atoms with van der Waals surface area (Å²) in [4.78, 5) is 12.1. The van der Waals surface area contributed by atoms with Crippen LogP contribution in [0.4, 0.5) is 5.82 Å². The quantitative estimate of drug-likeness (QED) is 0.607. The van der Waals surface area contributed by atoms with Crippen LogP contribution in [0.25, 0.3) is 0 Å². The Bertz CT molecular complexity index is 585. The number of nitrogens with zero attached hydrogens (tertiary/aromatic N) is 2. The predicted octanol–water partition coefficient (Wildman–Crippen LogP) is 1.39. The fourth-order valence-corrected chi connectivity index (χ4v) is 3.56. The van der Waals surface area contributed by atoms with Crippen molar-refractivity contribution in [2.75, 3.05) is 37.9 Å². The van der Waals surface area contributed by atoms with E-state index < -0.39 is 15.9 Å². The largest absolute Gasteiger partial charge is 0.385 e. The van der Waals surface area contributed by atoms with Gasteiger partial charge >= 0.3 is 0 Å². The number of hydrogen-bond acceptors (Lipinski definition) is 6. The van der Waals surface area contributed by atoms with E-state index in [0.29, 0.717) is 25.2 Å². The average molecular weight is 347 g/mol. The molecule has 23 heavy (non-hydrogen) atoms. The summed E-state index contributed by atoms with van der Waals surface area (Å²) in [6.45, 7) is 4.05. The summed E-state index contributed by atoms with van der Waals surface area (Å²) in [5.41, 5.74) is 0. The highest BCUT2D eigenvalue weighted by molar-refractivity contribution is 7.89. The number of carbonyl (C=O) groups excluding carboxylic acids is 1. The zero-order valence-electron chi connectivity index (χ0n) is 13.9. The van der Waals surface area contributed by atoms with Crippen LogP contribution in [0.5, 0.6) is 0 Å². The lowest BCUT2D eigenvalue weighted by atomic mass is 10.4. The molecule has 0 saturated heterocycles. The van der Waals surface area contributed by atoms with Gasteiger partial charge in [-0.25, -0.2) is 8.42 Å². The summed E-state index contributed by atoms with van der Waals surface area (Å²) < 4.78 is 35.7. The number of rotatable bonds is 11. The Morgan fingerprint density at radius 1 is 1.43 bits per heavy atom. The highest BCUT2D eigenvalue weighted by Gasteiger charge is 2.24. The van der Waals surface area contributed by atoms with E-state index >= 15 is 0 Å². The topological polar surface area (TPSA) is 102 Å². The van der Waals surface area contributed by atoms with Crippen LogP contribution in [0.3, 0.4) is 0 Å². The maximum atomic E-state index is 12.3. The van der Waals surface area contributed by atoms with Crippen LogP contribution in [0.2, 0.25) is 0 Å². The van der Waals surface area contributed by atoms with E-state index in [4.69, 9.17) is 9.26 Å². The minimum Gasteiger partial charge on any atom is -0.385 e. The van der Waals surface area contributed by atoms with E-state index in [9.17, 15) is 13.2 Å². The molecule has 1 N–H and O–H groups in total. The van der Waals surface area contributed by atoms with E-state index in [1.165, 1.54) is 4.31 Å². The summed E-state index contributed by atoms with van der Waals surface area (Å²) >= 11 is 0. The minimum atomic E-state index is -3.47. The van der Waals surface area contributed by atoms with Gasteiger partial charge in [0.15, 0.2) is 5.82 Å². The lowest BCUT2D eigenvalue weighted by Crippen LogP contribution is -2.40. The van der Waals surface area contributed by atoms with Gasteiger partial charge in [0, 0.05) is 26.3 Å². The number of aryl methyl sites for hydroxylation is 1. The highest BCUT2D eigenvalue weighted by Crippen LogP contribution is 2.09. The maximum absolute atomic E-state index is 12.3. The number of unbranched alkanes of at least 4 members (excludes halogenated alkanes) is 1. The van der Waals surface area contributed by atoms with Crippen molar-refractivity contribution in [3.05, 3.63) is 11.8 Å². The van der Waals surface area contributed by atoms with Gasteiger partial charge in [0.2, 0.25) is 15.9 Å². The number of anilines is 1. The van der Waals surface area contributed by atoms with E-state index in [1.807, 2.05) is 6.92 Å². The molecular formula is C14H25N3O5S. The number of nitrogens with one attached hydrogen (secondary N) is 1. The van der Waals surface area contributed by atoms with Crippen molar-refractivity contribution in [3.8, 4) is 0 Å².